The summed E-state index contributed by atoms with van der Waals surface area (Å²) in [7, 11) is 0. The van der Waals surface area contributed by atoms with Crippen LogP contribution in [-0.2, 0) is 6.61 Å². The summed E-state index contributed by atoms with van der Waals surface area (Å²) in [4.78, 5) is 14.6. The summed E-state index contributed by atoms with van der Waals surface area (Å²) < 4.78 is 5.43. The largest absolute Gasteiger partial charge is 0.486 e. The smallest absolute Gasteiger partial charge is 0.365 e. The van der Waals surface area contributed by atoms with E-state index in [0.717, 1.165) is 11.3 Å². The van der Waals surface area contributed by atoms with E-state index in [9.17, 15) is 4.79 Å². The highest BCUT2D eigenvalue weighted by molar-refractivity contribution is 7.11. The van der Waals surface area contributed by atoms with Gasteiger partial charge in [-0.3, -0.25) is 0 Å². The molecule has 0 spiro atoms. The molecule has 1 aromatic carbocycles. The molecule has 0 aliphatic heterocycles. The maximum Gasteiger partial charge on any atom is 0.365 e. The van der Waals surface area contributed by atoms with Gasteiger partial charge in [0.15, 0.2) is 0 Å². The van der Waals surface area contributed by atoms with E-state index < -0.39 is 5.97 Å². The van der Waals surface area contributed by atoms with Crippen LogP contribution in [0.25, 0.3) is 0 Å². The molecule has 0 fully saturated rings. The molecular weight excluding hydrogens is 297 g/mol. The standard InChI is InChI=1S/C11H7Cl2NO3S/c12-6-1-2-8(13)9(3-6)17-4-7-5-18-10(14-7)11(15)16/h1-3,5H,4H2,(H,15,16). The number of halogens is 2. The second kappa shape index (κ2) is 5.56. The zero-order chi connectivity index (χ0) is 13.1. The summed E-state index contributed by atoms with van der Waals surface area (Å²) in [5.74, 6) is -0.610. The van der Waals surface area contributed by atoms with Gasteiger partial charge in [0.2, 0.25) is 5.01 Å². The Morgan fingerprint density at radius 3 is 2.89 bits per heavy atom. The van der Waals surface area contributed by atoms with Gasteiger partial charge in [-0.2, -0.15) is 0 Å². The second-order valence-electron chi connectivity index (χ2n) is 3.31. The fourth-order valence-corrected chi connectivity index (χ4v) is 2.18. The van der Waals surface area contributed by atoms with Gasteiger partial charge in [-0.15, -0.1) is 11.3 Å². The van der Waals surface area contributed by atoms with Crippen molar-refractivity contribution in [3.05, 3.63) is 44.3 Å². The lowest BCUT2D eigenvalue weighted by atomic mass is 10.3. The molecule has 0 radical (unpaired) electrons. The van der Waals surface area contributed by atoms with Gasteiger partial charge in [-0.25, -0.2) is 9.78 Å². The number of hydrogen-bond donors (Lipinski definition) is 1. The minimum Gasteiger partial charge on any atom is -0.486 e. The molecule has 0 unspecified atom stereocenters. The highest BCUT2D eigenvalue weighted by Crippen LogP contribution is 2.28. The third-order valence-electron chi connectivity index (χ3n) is 2.00. The van der Waals surface area contributed by atoms with Crippen LogP contribution in [0.2, 0.25) is 10.0 Å². The lowest BCUT2D eigenvalue weighted by molar-refractivity contribution is 0.0696. The van der Waals surface area contributed by atoms with Crippen molar-refractivity contribution in [1.82, 2.24) is 4.98 Å². The van der Waals surface area contributed by atoms with Crippen molar-refractivity contribution in [2.75, 3.05) is 0 Å². The van der Waals surface area contributed by atoms with E-state index in [1.165, 1.54) is 0 Å². The Morgan fingerprint density at radius 1 is 1.44 bits per heavy atom. The Morgan fingerprint density at radius 2 is 2.22 bits per heavy atom. The molecule has 1 aromatic heterocycles. The predicted molar refractivity (Wildman–Crippen MR) is 69.9 cm³/mol. The third-order valence-corrected chi connectivity index (χ3v) is 3.43. The molecule has 0 bridgehead atoms. The molecule has 0 atom stereocenters. The number of carboxylic acid groups (broad SMARTS) is 1. The topological polar surface area (TPSA) is 59.4 Å². The molecule has 94 valence electrons. The van der Waals surface area contributed by atoms with Crippen molar-refractivity contribution in [3.63, 3.8) is 0 Å². The lowest BCUT2D eigenvalue weighted by Crippen LogP contribution is -1.99. The summed E-state index contributed by atoms with van der Waals surface area (Å²) >= 11 is 12.8. The number of carbonyl (C=O) groups is 1. The molecule has 0 saturated carbocycles. The quantitative estimate of drug-likeness (QED) is 0.935. The van der Waals surface area contributed by atoms with Crippen LogP contribution in [0, 0.1) is 0 Å². The van der Waals surface area contributed by atoms with Crippen LogP contribution in [0.4, 0.5) is 0 Å². The first-order valence-corrected chi connectivity index (χ1v) is 6.45. The number of aromatic carboxylic acids is 1. The fraction of sp³-hybridized carbons (Fsp3) is 0.0909. The minimum absolute atomic E-state index is 0.0331. The van der Waals surface area contributed by atoms with Gasteiger partial charge >= 0.3 is 5.97 Å². The Hall–Kier alpha value is -1.30. The summed E-state index contributed by atoms with van der Waals surface area (Å²) in [5, 5.41) is 11.3. The summed E-state index contributed by atoms with van der Waals surface area (Å²) in [6, 6.07) is 4.87. The monoisotopic (exact) mass is 303 g/mol. The number of hydrogen-bond acceptors (Lipinski definition) is 4. The number of rotatable bonds is 4. The van der Waals surface area contributed by atoms with Crippen LogP contribution >= 0.6 is 34.5 Å². The maximum absolute atomic E-state index is 10.7. The number of ether oxygens (including phenoxy) is 1. The number of benzene rings is 1. The Balaban J connectivity index is 2.06. The Kier molecular flexibility index (Phi) is 4.06. The zero-order valence-electron chi connectivity index (χ0n) is 8.89. The third kappa shape index (κ3) is 3.13. The van der Waals surface area contributed by atoms with Crippen molar-refractivity contribution < 1.29 is 14.6 Å². The predicted octanol–water partition coefficient (Wildman–Crippen LogP) is 3.73. The minimum atomic E-state index is -1.05. The molecule has 2 aromatic rings. The van der Waals surface area contributed by atoms with Crippen LogP contribution in [0.5, 0.6) is 5.75 Å². The van der Waals surface area contributed by atoms with Crippen molar-refractivity contribution in [1.29, 1.82) is 0 Å². The van der Waals surface area contributed by atoms with Gasteiger partial charge < -0.3 is 9.84 Å². The van der Waals surface area contributed by atoms with Crippen molar-refractivity contribution in [2.24, 2.45) is 0 Å². The van der Waals surface area contributed by atoms with E-state index in [1.807, 2.05) is 0 Å². The molecule has 18 heavy (non-hydrogen) atoms. The first kappa shape index (κ1) is 13.1. The van der Waals surface area contributed by atoms with Gasteiger partial charge in [-0.1, -0.05) is 23.2 Å². The van der Waals surface area contributed by atoms with E-state index in [-0.39, 0.29) is 11.6 Å². The summed E-state index contributed by atoms with van der Waals surface area (Å²) in [6.07, 6.45) is 0. The molecule has 0 saturated heterocycles. The van der Waals surface area contributed by atoms with Gasteiger partial charge in [0.1, 0.15) is 12.4 Å². The Bertz CT molecular complexity index is 585. The van der Waals surface area contributed by atoms with Gasteiger partial charge in [-0.05, 0) is 12.1 Å². The molecule has 0 aliphatic carbocycles. The summed E-state index contributed by atoms with van der Waals surface area (Å²) in [5.41, 5.74) is 0.536. The first-order chi connectivity index (χ1) is 8.56. The second-order valence-corrected chi connectivity index (χ2v) is 5.01. The normalized spacial score (nSPS) is 10.3. The SMILES string of the molecule is O=C(O)c1nc(COc2cc(Cl)ccc2Cl)cs1. The molecule has 7 heteroatoms. The number of thiazole rings is 1. The molecule has 4 nitrogen and oxygen atoms in total. The number of carboxylic acids is 1. The maximum atomic E-state index is 10.7. The number of aromatic nitrogens is 1. The van der Waals surface area contributed by atoms with Crippen LogP contribution in [-0.4, -0.2) is 16.1 Å². The van der Waals surface area contributed by atoms with Crippen LogP contribution in [0.15, 0.2) is 23.6 Å². The molecule has 1 heterocycles. The molecule has 0 aliphatic rings. The van der Waals surface area contributed by atoms with E-state index in [2.05, 4.69) is 4.98 Å². The number of nitrogens with zero attached hydrogens (tertiary/aromatic N) is 1. The fourth-order valence-electron chi connectivity index (χ4n) is 1.21. The molecule has 1 N–H and O–H groups in total. The van der Waals surface area contributed by atoms with E-state index in [0.29, 0.717) is 21.5 Å². The van der Waals surface area contributed by atoms with Crippen LogP contribution in [0.1, 0.15) is 15.5 Å². The molecule has 0 amide bonds. The highest BCUT2D eigenvalue weighted by atomic mass is 35.5. The van der Waals surface area contributed by atoms with Crippen LogP contribution < -0.4 is 4.74 Å². The molecular formula is C11H7Cl2NO3S. The van der Waals surface area contributed by atoms with E-state index >= 15 is 0 Å². The van der Waals surface area contributed by atoms with Crippen molar-refractivity contribution in [2.45, 2.75) is 6.61 Å². The highest BCUT2D eigenvalue weighted by Gasteiger charge is 2.10. The zero-order valence-corrected chi connectivity index (χ0v) is 11.2. The van der Waals surface area contributed by atoms with Crippen molar-refractivity contribution in [3.8, 4) is 5.75 Å². The van der Waals surface area contributed by atoms with Gasteiger partial charge in [0.05, 0.1) is 10.7 Å². The lowest BCUT2D eigenvalue weighted by Gasteiger charge is -2.06. The van der Waals surface area contributed by atoms with Gasteiger partial charge in [0, 0.05) is 16.5 Å². The Labute approximate surface area is 117 Å². The van der Waals surface area contributed by atoms with E-state index in [4.69, 9.17) is 33.0 Å². The average molecular weight is 304 g/mol. The van der Waals surface area contributed by atoms with E-state index in [1.54, 1.807) is 23.6 Å². The summed E-state index contributed by atoms with van der Waals surface area (Å²) in [6.45, 7) is 0.143. The van der Waals surface area contributed by atoms with Crippen molar-refractivity contribution >= 4 is 40.5 Å². The molecule has 2 rings (SSSR count). The van der Waals surface area contributed by atoms with Gasteiger partial charge in [0.25, 0.3) is 0 Å². The first-order valence-electron chi connectivity index (χ1n) is 4.82. The van der Waals surface area contributed by atoms with Crippen LogP contribution in [0.3, 0.4) is 0 Å². The average Bonchev–Trinajstić information content (AvgIpc) is 2.79.